The van der Waals surface area contributed by atoms with E-state index in [4.69, 9.17) is 4.74 Å². The Morgan fingerprint density at radius 2 is 1.90 bits per heavy atom. The average molecular weight is 545 g/mol. The van der Waals surface area contributed by atoms with Gasteiger partial charge < -0.3 is 9.64 Å². The number of fused-ring (bicyclic) bond motifs is 1. The summed E-state index contributed by atoms with van der Waals surface area (Å²) in [5.41, 5.74) is -1.07. The number of hydrogen-bond acceptors (Lipinski definition) is 3. The molecule has 2 aromatic carbocycles. The summed E-state index contributed by atoms with van der Waals surface area (Å²) in [6.45, 7) is 0.0285. The lowest BCUT2D eigenvalue weighted by Crippen LogP contribution is -2.32. The molecule has 0 fully saturated rings. The molecule has 1 aromatic heterocycles. The van der Waals surface area contributed by atoms with Crippen molar-refractivity contribution in [3.63, 3.8) is 0 Å². The van der Waals surface area contributed by atoms with Crippen LogP contribution in [0.5, 0.6) is 5.75 Å². The third-order valence-corrected chi connectivity index (χ3v) is 5.91. The molecule has 162 valence electrons. The van der Waals surface area contributed by atoms with Gasteiger partial charge >= 0.3 is 6.18 Å². The van der Waals surface area contributed by atoms with E-state index in [1.807, 2.05) is 27.7 Å². The molecule has 0 aliphatic carbocycles. The maximum Gasteiger partial charge on any atom is 0.433 e. The van der Waals surface area contributed by atoms with Crippen molar-refractivity contribution in [3.05, 3.63) is 74.4 Å². The number of aromatic nitrogens is 2. The summed E-state index contributed by atoms with van der Waals surface area (Å²) in [7, 11) is 1.49. The van der Waals surface area contributed by atoms with Gasteiger partial charge in [-0.3, -0.25) is 9.89 Å². The van der Waals surface area contributed by atoms with Crippen LogP contribution in [-0.4, -0.2) is 29.8 Å². The first kappa shape index (κ1) is 21.6. The normalized spacial score (nSPS) is 16.8. The van der Waals surface area contributed by atoms with Crippen LogP contribution in [0, 0.1) is 9.39 Å². The smallest absolute Gasteiger partial charge is 0.433 e. The second-order valence-electron chi connectivity index (χ2n) is 7.03. The Hall–Kier alpha value is -2.63. The van der Waals surface area contributed by atoms with Gasteiger partial charge in [0.25, 0.3) is 5.91 Å². The Balaban J connectivity index is 1.85. The Morgan fingerprint density at radius 1 is 1.19 bits per heavy atom. The van der Waals surface area contributed by atoms with Crippen LogP contribution in [0.2, 0.25) is 0 Å². The molecule has 5 nitrogen and oxygen atoms in total. The zero-order valence-corrected chi connectivity index (χ0v) is 18.3. The molecule has 1 N–H and O–H groups in total. The molecule has 2 heterocycles. The molecule has 3 aromatic rings. The van der Waals surface area contributed by atoms with E-state index in [9.17, 15) is 22.4 Å². The number of carbonyl (C=O) groups is 1. The number of anilines is 1. The fourth-order valence-corrected chi connectivity index (χ4v) is 4.25. The molecule has 0 spiro atoms. The fourth-order valence-electron chi connectivity index (χ4n) is 3.80. The van der Waals surface area contributed by atoms with Gasteiger partial charge in [-0.05, 0) is 64.9 Å². The Morgan fingerprint density at radius 3 is 2.52 bits per heavy atom. The number of alkyl halides is 3. The van der Waals surface area contributed by atoms with Crippen molar-refractivity contribution in [2.75, 3.05) is 18.6 Å². The van der Waals surface area contributed by atoms with Crippen LogP contribution in [0.15, 0.2) is 42.5 Å². The molecule has 1 unspecified atom stereocenters. The quantitative estimate of drug-likeness (QED) is 0.356. The molecule has 0 saturated carbocycles. The summed E-state index contributed by atoms with van der Waals surface area (Å²) in [5.74, 6) is -1.62. The zero-order valence-electron chi connectivity index (χ0n) is 16.1. The van der Waals surface area contributed by atoms with Crippen molar-refractivity contribution < 1.29 is 27.1 Å². The van der Waals surface area contributed by atoms with Crippen LogP contribution in [0.25, 0.3) is 0 Å². The summed E-state index contributed by atoms with van der Waals surface area (Å²) in [5, 5.41) is 5.70. The standard InChI is InChI=1S/C21H16F4IN3O2/c1-31-13-5-2-11(3-6-13)14-8-9-29(16-7-4-12(26)10-15(16)22)20(30)18-17(14)19(28-27-18)21(23,24)25/h2-7,10,14H,8-9H2,1H3,(H,27,28). The predicted molar refractivity (Wildman–Crippen MR) is 114 cm³/mol. The van der Waals surface area contributed by atoms with Crippen LogP contribution in [0.1, 0.15) is 39.6 Å². The van der Waals surface area contributed by atoms with Gasteiger partial charge in [-0.1, -0.05) is 12.1 Å². The second kappa shape index (κ2) is 8.13. The minimum absolute atomic E-state index is 0.00306. The largest absolute Gasteiger partial charge is 0.497 e. The Bertz CT molecular complexity index is 1130. The van der Waals surface area contributed by atoms with E-state index >= 15 is 0 Å². The average Bonchev–Trinajstić information content (AvgIpc) is 3.12. The molecular formula is C21H16F4IN3O2. The Labute approximate surface area is 188 Å². The maximum absolute atomic E-state index is 14.6. The molecule has 4 rings (SSSR count). The van der Waals surface area contributed by atoms with Crippen LogP contribution in [0.4, 0.5) is 23.2 Å². The van der Waals surface area contributed by atoms with Gasteiger partial charge in [0.15, 0.2) is 5.69 Å². The van der Waals surface area contributed by atoms with E-state index < -0.39 is 29.5 Å². The van der Waals surface area contributed by atoms with Crippen LogP contribution in [-0.2, 0) is 6.18 Å². The summed E-state index contributed by atoms with van der Waals surface area (Å²) in [6.07, 6.45) is -4.58. The minimum Gasteiger partial charge on any atom is -0.497 e. The molecule has 1 atom stereocenters. The van der Waals surface area contributed by atoms with Gasteiger partial charge in [0.05, 0.1) is 12.8 Å². The number of methoxy groups -OCH3 is 1. The summed E-state index contributed by atoms with van der Waals surface area (Å²) < 4.78 is 61.5. The van der Waals surface area contributed by atoms with E-state index in [2.05, 4.69) is 5.10 Å². The number of ether oxygens (including phenoxy) is 1. The number of rotatable bonds is 3. The molecule has 0 saturated heterocycles. The zero-order chi connectivity index (χ0) is 22.3. The molecule has 1 aliphatic heterocycles. The third-order valence-electron chi connectivity index (χ3n) is 5.24. The summed E-state index contributed by atoms with van der Waals surface area (Å²) in [4.78, 5) is 14.3. The van der Waals surface area contributed by atoms with Gasteiger partial charge in [0.2, 0.25) is 0 Å². The number of nitrogens with one attached hydrogen (secondary N) is 1. The highest BCUT2D eigenvalue weighted by molar-refractivity contribution is 14.1. The predicted octanol–water partition coefficient (Wildman–Crippen LogP) is 5.36. The van der Waals surface area contributed by atoms with Crippen molar-refractivity contribution in [2.24, 2.45) is 0 Å². The molecule has 1 aliphatic rings. The highest BCUT2D eigenvalue weighted by atomic mass is 127. The number of H-pyrrole nitrogens is 1. The Kier molecular flexibility index (Phi) is 5.67. The molecule has 31 heavy (non-hydrogen) atoms. The third kappa shape index (κ3) is 4.00. The lowest BCUT2D eigenvalue weighted by Gasteiger charge is -2.22. The van der Waals surface area contributed by atoms with Gasteiger partial charge in [-0.25, -0.2) is 4.39 Å². The SMILES string of the molecule is COc1ccc(C2CCN(c3ccc(I)cc3F)C(=O)c3n[nH]c(C(F)(F)F)c32)cc1. The first-order valence-corrected chi connectivity index (χ1v) is 10.3. The molecule has 1 amide bonds. The van der Waals surface area contributed by atoms with Crippen molar-refractivity contribution in [1.82, 2.24) is 10.2 Å². The van der Waals surface area contributed by atoms with Gasteiger partial charge in [0.1, 0.15) is 17.3 Å². The van der Waals surface area contributed by atoms with Crippen molar-refractivity contribution in [3.8, 4) is 5.75 Å². The molecule has 0 radical (unpaired) electrons. The highest BCUT2D eigenvalue weighted by Gasteiger charge is 2.43. The van der Waals surface area contributed by atoms with E-state index in [1.165, 1.54) is 19.2 Å². The lowest BCUT2D eigenvalue weighted by molar-refractivity contribution is -0.141. The van der Waals surface area contributed by atoms with E-state index in [0.717, 1.165) is 4.90 Å². The van der Waals surface area contributed by atoms with Crippen LogP contribution in [0.3, 0.4) is 0 Å². The van der Waals surface area contributed by atoms with Gasteiger partial charge in [-0.2, -0.15) is 18.3 Å². The first-order chi connectivity index (χ1) is 14.7. The summed E-state index contributed by atoms with van der Waals surface area (Å²) in [6, 6.07) is 10.9. The van der Waals surface area contributed by atoms with Crippen LogP contribution >= 0.6 is 22.6 Å². The lowest BCUT2D eigenvalue weighted by atomic mass is 9.87. The minimum atomic E-state index is -4.73. The number of aromatic amines is 1. The number of benzene rings is 2. The molecule has 10 heteroatoms. The summed E-state index contributed by atoms with van der Waals surface area (Å²) >= 11 is 1.94. The van der Waals surface area contributed by atoms with Crippen molar-refractivity contribution >= 4 is 34.2 Å². The highest BCUT2D eigenvalue weighted by Crippen LogP contribution is 2.42. The fraction of sp³-hybridized carbons (Fsp3) is 0.238. The van der Waals surface area contributed by atoms with Crippen LogP contribution < -0.4 is 9.64 Å². The van der Waals surface area contributed by atoms with Gasteiger partial charge in [0, 0.05) is 21.6 Å². The number of amides is 1. The van der Waals surface area contributed by atoms with E-state index in [0.29, 0.717) is 14.9 Å². The number of hydrogen-bond donors (Lipinski definition) is 1. The first-order valence-electron chi connectivity index (χ1n) is 9.27. The number of halogens is 5. The molecular weight excluding hydrogens is 529 g/mol. The second-order valence-corrected chi connectivity index (χ2v) is 8.27. The molecule has 0 bridgehead atoms. The number of nitrogens with zero attached hydrogens (tertiary/aromatic N) is 2. The topological polar surface area (TPSA) is 58.2 Å². The van der Waals surface area contributed by atoms with Crippen molar-refractivity contribution in [1.29, 1.82) is 0 Å². The number of carbonyl (C=O) groups excluding carboxylic acids is 1. The van der Waals surface area contributed by atoms with E-state index in [-0.39, 0.29) is 29.9 Å². The maximum atomic E-state index is 14.6. The van der Waals surface area contributed by atoms with Crippen molar-refractivity contribution in [2.45, 2.75) is 18.5 Å². The van der Waals surface area contributed by atoms with E-state index in [1.54, 1.807) is 30.3 Å². The van der Waals surface area contributed by atoms with Gasteiger partial charge in [-0.15, -0.1) is 0 Å². The monoisotopic (exact) mass is 545 g/mol.